The van der Waals surface area contributed by atoms with Crippen molar-refractivity contribution in [3.8, 4) is 0 Å². The van der Waals surface area contributed by atoms with Crippen LogP contribution in [0.4, 0.5) is 0 Å². The minimum absolute atomic E-state index is 0.135. The maximum atomic E-state index is 5.64. The van der Waals surface area contributed by atoms with Crippen LogP contribution in [0.3, 0.4) is 0 Å². The Morgan fingerprint density at radius 2 is 2.08 bits per heavy atom. The normalized spacial score (nSPS) is 16.5. The van der Waals surface area contributed by atoms with Crippen molar-refractivity contribution in [2.45, 2.75) is 38.5 Å². The fraction of sp³-hybridized carbons (Fsp3) is 1.00. The van der Waals surface area contributed by atoms with Crippen molar-refractivity contribution in [3.05, 3.63) is 0 Å². The summed E-state index contributed by atoms with van der Waals surface area (Å²) < 4.78 is 5.58. The van der Waals surface area contributed by atoms with Crippen molar-refractivity contribution in [3.63, 3.8) is 0 Å². The third-order valence-corrected chi connectivity index (χ3v) is 3.09. The molecule has 0 radical (unpaired) electrons. The molecular weight excluding hydrogens is 170 g/mol. The van der Waals surface area contributed by atoms with Crippen LogP contribution in [0.5, 0.6) is 0 Å². The van der Waals surface area contributed by atoms with E-state index in [1.54, 1.807) is 0 Å². The van der Waals surface area contributed by atoms with Gasteiger partial charge in [-0.2, -0.15) is 11.8 Å². The Kier molecular flexibility index (Phi) is 5.97. The largest absolute Gasteiger partial charge is 0.373 e. The van der Waals surface area contributed by atoms with Gasteiger partial charge in [0, 0.05) is 18.9 Å². The minimum Gasteiger partial charge on any atom is -0.373 e. The second-order valence-electron chi connectivity index (χ2n) is 3.45. The number of thioether (sulfide) groups is 1. The molecule has 0 bridgehead atoms. The van der Waals surface area contributed by atoms with Crippen LogP contribution in [0.1, 0.15) is 27.7 Å². The van der Waals surface area contributed by atoms with Gasteiger partial charge in [-0.1, -0.05) is 13.8 Å². The van der Waals surface area contributed by atoms with Gasteiger partial charge in [0.05, 0.1) is 5.60 Å². The molecule has 1 unspecified atom stereocenters. The molecule has 2 N–H and O–H groups in total. The lowest BCUT2D eigenvalue weighted by molar-refractivity contribution is 0.00134. The fourth-order valence-electron chi connectivity index (χ4n) is 0.851. The molecule has 74 valence electrons. The van der Waals surface area contributed by atoms with E-state index in [0.29, 0.717) is 11.8 Å². The topological polar surface area (TPSA) is 35.2 Å². The number of hydrogen-bond donors (Lipinski definition) is 1. The zero-order chi connectivity index (χ0) is 9.61. The highest BCUT2D eigenvalue weighted by molar-refractivity contribution is 7.99. The van der Waals surface area contributed by atoms with Crippen LogP contribution in [0.25, 0.3) is 0 Å². The smallest absolute Gasteiger partial charge is 0.0865 e. The first-order valence-corrected chi connectivity index (χ1v) is 5.54. The molecule has 0 spiro atoms. The lowest BCUT2D eigenvalue weighted by Crippen LogP contribution is -2.40. The average Bonchev–Trinajstić information content (AvgIpc) is 2.02. The van der Waals surface area contributed by atoms with Crippen molar-refractivity contribution in [1.29, 1.82) is 0 Å². The molecule has 12 heavy (non-hydrogen) atoms. The van der Waals surface area contributed by atoms with Crippen molar-refractivity contribution in [2.75, 3.05) is 18.9 Å². The molecule has 0 rings (SSSR count). The molecule has 0 fully saturated rings. The van der Waals surface area contributed by atoms with E-state index in [1.165, 1.54) is 0 Å². The van der Waals surface area contributed by atoms with Gasteiger partial charge in [-0.3, -0.25) is 0 Å². The van der Waals surface area contributed by atoms with Gasteiger partial charge in [-0.05, 0) is 19.1 Å². The summed E-state index contributed by atoms with van der Waals surface area (Å²) >= 11 is 1.90. The highest BCUT2D eigenvalue weighted by Crippen LogP contribution is 2.19. The van der Waals surface area contributed by atoms with E-state index < -0.39 is 0 Å². The van der Waals surface area contributed by atoms with Crippen LogP contribution in [0, 0.1) is 0 Å². The summed E-state index contributed by atoms with van der Waals surface area (Å²) in [5, 5.41) is 0.649. The third-order valence-electron chi connectivity index (χ3n) is 1.65. The predicted octanol–water partition coefficient (Wildman–Crippen LogP) is 1.88. The van der Waals surface area contributed by atoms with Gasteiger partial charge in [0.1, 0.15) is 0 Å². The van der Waals surface area contributed by atoms with Crippen molar-refractivity contribution >= 4 is 11.8 Å². The molecule has 0 aromatic carbocycles. The van der Waals surface area contributed by atoms with Gasteiger partial charge in [0.2, 0.25) is 0 Å². The van der Waals surface area contributed by atoms with Crippen molar-refractivity contribution in [2.24, 2.45) is 5.73 Å². The van der Waals surface area contributed by atoms with Crippen LogP contribution in [0.2, 0.25) is 0 Å². The van der Waals surface area contributed by atoms with E-state index in [4.69, 9.17) is 10.5 Å². The van der Waals surface area contributed by atoms with Crippen LogP contribution in [0.15, 0.2) is 0 Å². The molecule has 2 nitrogen and oxygen atoms in total. The zero-order valence-corrected chi connectivity index (χ0v) is 9.41. The summed E-state index contributed by atoms with van der Waals surface area (Å²) in [6.45, 7) is 9.80. The van der Waals surface area contributed by atoms with Crippen LogP contribution >= 0.6 is 11.8 Å². The second kappa shape index (κ2) is 5.84. The summed E-state index contributed by atoms with van der Waals surface area (Å²) in [4.78, 5) is 0. The summed E-state index contributed by atoms with van der Waals surface area (Å²) in [5.74, 6) is 0.981. The van der Waals surface area contributed by atoms with Gasteiger partial charge in [-0.25, -0.2) is 0 Å². The molecule has 1 atom stereocenters. The quantitative estimate of drug-likeness (QED) is 0.696. The number of rotatable bonds is 6. The first kappa shape index (κ1) is 12.3. The highest BCUT2D eigenvalue weighted by Gasteiger charge is 2.22. The van der Waals surface area contributed by atoms with Crippen molar-refractivity contribution < 1.29 is 4.74 Å². The maximum Gasteiger partial charge on any atom is 0.0865 e. The summed E-state index contributed by atoms with van der Waals surface area (Å²) in [7, 11) is 0. The van der Waals surface area contributed by atoms with E-state index in [-0.39, 0.29) is 5.60 Å². The molecule has 3 heteroatoms. The molecule has 0 aromatic rings. The van der Waals surface area contributed by atoms with Crippen LogP contribution < -0.4 is 5.73 Å². The maximum absolute atomic E-state index is 5.64. The number of hydrogen-bond acceptors (Lipinski definition) is 3. The zero-order valence-electron chi connectivity index (χ0n) is 8.59. The minimum atomic E-state index is -0.135. The molecule has 0 aliphatic rings. The Balaban J connectivity index is 3.78. The van der Waals surface area contributed by atoms with E-state index in [9.17, 15) is 0 Å². The first-order valence-electron chi connectivity index (χ1n) is 4.49. The predicted molar refractivity (Wildman–Crippen MR) is 56.7 cm³/mol. The molecule has 0 aliphatic heterocycles. The third kappa shape index (κ3) is 5.01. The first-order chi connectivity index (χ1) is 5.54. The van der Waals surface area contributed by atoms with E-state index >= 15 is 0 Å². The average molecular weight is 191 g/mol. The monoisotopic (exact) mass is 191 g/mol. The SMILES string of the molecule is CCOC(C)(CN)CSC(C)C. The van der Waals surface area contributed by atoms with Gasteiger partial charge in [0.15, 0.2) is 0 Å². The molecule has 0 heterocycles. The van der Waals surface area contributed by atoms with Gasteiger partial charge < -0.3 is 10.5 Å². The van der Waals surface area contributed by atoms with E-state index in [0.717, 1.165) is 12.4 Å². The Labute approximate surface area is 80.2 Å². The molecule has 0 amide bonds. The lowest BCUT2D eigenvalue weighted by atomic mass is 10.1. The van der Waals surface area contributed by atoms with Crippen molar-refractivity contribution in [1.82, 2.24) is 0 Å². The fourth-order valence-corrected chi connectivity index (χ4v) is 1.74. The Hall–Kier alpha value is 0.270. The Bertz CT molecular complexity index is 119. The summed E-state index contributed by atoms with van der Waals surface area (Å²) in [5.41, 5.74) is 5.51. The molecule has 0 saturated carbocycles. The number of ether oxygens (including phenoxy) is 1. The standard InChI is InChI=1S/C9H21NOS/c1-5-11-9(4,6-10)7-12-8(2)3/h8H,5-7,10H2,1-4H3. The van der Waals surface area contributed by atoms with Crippen LogP contribution in [-0.2, 0) is 4.74 Å². The molecule has 0 saturated heterocycles. The lowest BCUT2D eigenvalue weighted by Gasteiger charge is -2.28. The molecular formula is C9H21NOS. The van der Waals surface area contributed by atoms with Gasteiger partial charge in [0.25, 0.3) is 0 Å². The summed E-state index contributed by atoms with van der Waals surface area (Å²) in [6, 6.07) is 0. The van der Waals surface area contributed by atoms with E-state index in [1.807, 2.05) is 18.7 Å². The second-order valence-corrected chi connectivity index (χ2v) is 5.01. The van der Waals surface area contributed by atoms with E-state index in [2.05, 4.69) is 20.8 Å². The summed E-state index contributed by atoms with van der Waals surface area (Å²) in [6.07, 6.45) is 0. The Morgan fingerprint density at radius 3 is 2.42 bits per heavy atom. The highest BCUT2D eigenvalue weighted by atomic mass is 32.2. The molecule has 0 aliphatic carbocycles. The number of nitrogens with two attached hydrogens (primary N) is 1. The van der Waals surface area contributed by atoms with Gasteiger partial charge in [-0.15, -0.1) is 0 Å². The molecule has 0 aromatic heterocycles. The Morgan fingerprint density at radius 1 is 1.50 bits per heavy atom. The van der Waals surface area contributed by atoms with Crippen LogP contribution in [-0.4, -0.2) is 29.8 Å². The van der Waals surface area contributed by atoms with Gasteiger partial charge >= 0.3 is 0 Å².